The highest BCUT2D eigenvalue weighted by Gasteiger charge is 2.30. The van der Waals surface area contributed by atoms with Crippen molar-refractivity contribution in [3.63, 3.8) is 0 Å². The van der Waals surface area contributed by atoms with Crippen LogP contribution in [-0.4, -0.2) is 6.04 Å². The van der Waals surface area contributed by atoms with Gasteiger partial charge in [-0.25, -0.2) is 4.39 Å². The van der Waals surface area contributed by atoms with Crippen LogP contribution in [-0.2, 0) is 0 Å². The van der Waals surface area contributed by atoms with Crippen LogP contribution in [0.3, 0.4) is 0 Å². The van der Waals surface area contributed by atoms with Crippen molar-refractivity contribution in [3.05, 3.63) is 64.4 Å². The normalized spacial score (nSPS) is 20.4. The summed E-state index contributed by atoms with van der Waals surface area (Å²) in [6.45, 7) is 0. The van der Waals surface area contributed by atoms with Gasteiger partial charge < -0.3 is 5.32 Å². The smallest absolute Gasteiger partial charge is 0.141 e. The lowest BCUT2D eigenvalue weighted by Gasteiger charge is -2.37. The highest BCUT2D eigenvalue weighted by Crippen LogP contribution is 2.38. The first-order valence-electron chi connectivity index (χ1n) is 6.87. The van der Waals surface area contributed by atoms with Crippen molar-refractivity contribution in [1.82, 2.24) is 0 Å². The zero-order valence-corrected chi connectivity index (χ0v) is 12.1. The number of halogens is 2. The number of nitrogens with zero attached hydrogens (tertiary/aromatic N) is 1. The molecule has 2 nitrogen and oxygen atoms in total. The summed E-state index contributed by atoms with van der Waals surface area (Å²) >= 11 is 5.89. The number of rotatable bonds is 3. The maximum absolute atomic E-state index is 13.3. The van der Waals surface area contributed by atoms with Crippen molar-refractivity contribution in [2.45, 2.75) is 24.8 Å². The van der Waals surface area contributed by atoms with Gasteiger partial charge in [-0.2, -0.15) is 5.26 Å². The molecule has 0 atom stereocenters. The molecule has 1 aliphatic rings. The molecule has 0 saturated heterocycles. The Hall–Kier alpha value is -2.05. The lowest BCUT2D eigenvalue weighted by atomic mass is 9.76. The Labute approximate surface area is 128 Å². The summed E-state index contributed by atoms with van der Waals surface area (Å²) < 4.78 is 13.3. The maximum atomic E-state index is 13.3. The average Bonchev–Trinajstić information content (AvgIpc) is 2.45. The molecule has 0 heterocycles. The van der Waals surface area contributed by atoms with Crippen molar-refractivity contribution in [1.29, 1.82) is 5.26 Å². The van der Waals surface area contributed by atoms with Gasteiger partial charge in [0.1, 0.15) is 11.9 Å². The van der Waals surface area contributed by atoms with Crippen LogP contribution in [0.25, 0.3) is 0 Å². The monoisotopic (exact) mass is 300 g/mol. The number of benzene rings is 2. The van der Waals surface area contributed by atoms with Crippen LogP contribution in [0.4, 0.5) is 10.1 Å². The lowest BCUT2D eigenvalue weighted by molar-refractivity contribution is 0.374. The average molecular weight is 301 g/mol. The van der Waals surface area contributed by atoms with Crippen LogP contribution in [0.2, 0.25) is 5.02 Å². The summed E-state index contributed by atoms with van der Waals surface area (Å²) in [5.74, 6) is 0.0614. The molecule has 1 saturated carbocycles. The molecule has 0 radical (unpaired) electrons. The molecule has 0 aliphatic heterocycles. The summed E-state index contributed by atoms with van der Waals surface area (Å²) in [7, 11) is 0. The van der Waals surface area contributed by atoms with E-state index in [2.05, 4.69) is 17.4 Å². The minimum Gasteiger partial charge on any atom is -0.382 e. The number of anilines is 1. The number of hydrogen-bond donors (Lipinski definition) is 1. The van der Waals surface area contributed by atoms with Crippen molar-refractivity contribution < 1.29 is 4.39 Å². The fraction of sp³-hybridized carbons (Fsp3) is 0.235. The third-order valence-electron chi connectivity index (χ3n) is 3.94. The van der Waals surface area contributed by atoms with E-state index in [0.717, 1.165) is 23.6 Å². The van der Waals surface area contributed by atoms with Gasteiger partial charge in [-0.05, 0) is 54.7 Å². The predicted molar refractivity (Wildman–Crippen MR) is 82.0 cm³/mol. The van der Waals surface area contributed by atoms with E-state index < -0.39 is 5.82 Å². The third kappa shape index (κ3) is 3.01. The van der Waals surface area contributed by atoms with Crippen molar-refractivity contribution in [2.75, 3.05) is 5.32 Å². The second-order valence-corrected chi connectivity index (χ2v) is 5.80. The molecule has 1 N–H and O–H groups in total. The van der Waals surface area contributed by atoms with Crippen LogP contribution in [0, 0.1) is 17.1 Å². The molecule has 0 amide bonds. The molecule has 4 heteroatoms. The zero-order chi connectivity index (χ0) is 14.8. The predicted octanol–water partition coefficient (Wildman–Crippen LogP) is 4.71. The number of nitriles is 1. The Bertz CT molecular complexity index is 685. The molecule has 2 aromatic carbocycles. The SMILES string of the molecule is N#Cc1cc(NC2CC(c3ccc(Cl)cc3)C2)ccc1F. The summed E-state index contributed by atoms with van der Waals surface area (Å²) in [6.07, 6.45) is 2.06. The molecule has 0 aromatic heterocycles. The number of hydrogen-bond acceptors (Lipinski definition) is 2. The van der Waals surface area contributed by atoms with E-state index in [0.29, 0.717) is 12.0 Å². The lowest BCUT2D eigenvalue weighted by Crippen LogP contribution is -2.34. The second kappa shape index (κ2) is 5.75. The summed E-state index contributed by atoms with van der Waals surface area (Å²) in [5, 5.41) is 12.9. The van der Waals surface area contributed by atoms with Gasteiger partial charge in [-0.1, -0.05) is 23.7 Å². The molecule has 2 aromatic rings. The van der Waals surface area contributed by atoms with Crippen molar-refractivity contribution in [2.24, 2.45) is 0 Å². The van der Waals surface area contributed by atoms with E-state index in [1.807, 2.05) is 18.2 Å². The molecule has 0 spiro atoms. The largest absolute Gasteiger partial charge is 0.382 e. The minimum atomic E-state index is -0.476. The Morgan fingerprint density at radius 2 is 1.86 bits per heavy atom. The summed E-state index contributed by atoms with van der Waals surface area (Å²) in [6, 6.07) is 14.7. The molecular weight excluding hydrogens is 287 g/mol. The molecule has 21 heavy (non-hydrogen) atoms. The first-order chi connectivity index (χ1) is 10.2. The van der Waals surface area contributed by atoms with Gasteiger partial charge in [-0.15, -0.1) is 0 Å². The van der Waals surface area contributed by atoms with Crippen molar-refractivity contribution in [3.8, 4) is 6.07 Å². The van der Waals surface area contributed by atoms with E-state index in [4.69, 9.17) is 16.9 Å². The molecule has 3 rings (SSSR count). The Morgan fingerprint density at radius 1 is 1.14 bits per heavy atom. The quantitative estimate of drug-likeness (QED) is 0.891. The number of nitrogens with one attached hydrogen (secondary N) is 1. The Morgan fingerprint density at radius 3 is 2.52 bits per heavy atom. The summed E-state index contributed by atoms with van der Waals surface area (Å²) in [4.78, 5) is 0. The van der Waals surface area contributed by atoms with Crippen LogP contribution < -0.4 is 5.32 Å². The van der Waals surface area contributed by atoms with Crippen LogP contribution in [0.1, 0.15) is 29.9 Å². The minimum absolute atomic E-state index is 0.0774. The fourth-order valence-electron chi connectivity index (χ4n) is 2.68. The Balaban J connectivity index is 1.60. The molecular formula is C17H14ClFN2. The van der Waals surface area contributed by atoms with E-state index in [9.17, 15) is 4.39 Å². The molecule has 1 fully saturated rings. The van der Waals surface area contributed by atoms with E-state index in [-0.39, 0.29) is 5.56 Å². The van der Waals surface area contributed by atoms with E-state index >= 15 is 0 Å². The van der Waals surface area contributed by atoms with Crippen molar-refractivity contribution >= 4 is 17.3 Å². The van der Waals surface area contributed by atoms with Gasteiger partial charge in [0.05, 0.1) is 5.56 Å². The van der Waals surface area contributed by atoms with Gasteiger partial charge in [-0.3, -0.25) is 0 Å². The van der Waals surface area contributed by atoms with Crippen LogP contribution in [0.15, 0.2) is 42.5 Å². The third-order valence-corrected chi connectivity index (χ3v) is 4.19. The fourth-order valence-corrected chi connectivity index (χ4v) is 2.81. The summed E-state index contributed by atoms with van der Waals surface area (Å²) in [5.41, 5.74) is 2.18. The van der Waals surface area contributed by atoms with Gasteiger partial charge in [0.15, 0.2) is 0 Å². The first kappa shape index (κ1) is 13.9. The highest BCUT2D eigenvalue weighted by atomic mass is 35.5. The molecule has 0 bridgehead atoms. The molecule has 106 valence electrons. The topological polar surface area (TPSA) is 35.8 Å². The molecule has 1 aliphatic carbocycles. The second-order valence-electron chi connectivity index (χ2n) is 5.37. The standard InChI is InChI=1S/C17H14ClFN2/c18-14-3-1-11(2-4-14)12-7-16(8-12)21-15-5-6-17(19)13(9-15)10-20/h1-6,9,12,16,21H,7-8H2. The van der Waals surface area contributed by atoms with Gasteiger partial charge in [0.2, 0.25) is 0 Å². The highest BCUT2D eigenvalue weighted by molar-refractivity contribution is 6.30. The first-order valence-corrected chi connectivity index (χ1v) is 7.25. The Kier molecular flexibility index (Phi) is 3.81. The van der Waals surface area contributed by atoms with E-state index in [1.165, 1.54) is 11.6 Å². The van der Waals surface area contributed by atoms with Crippen LogP contribution in [0.5, 0.6) is 0 Å². The maximum Gasteiger partial charge on any atom is 0.141 e. The molecule has 0 unspecified atom stereocenters. The van der Waals surface area contributed by atoms with E-state index in [1.54, 1.807) is 12.1 Å². The van der Waals surface area contributed by atoms with Gasteiger partial charge >= 0.3 is 0 Å². The van der Waals surface area contributed by atoms with Gasteiger partial charge in [0.25, 0.3) is 0 Å². The zero-order valence-electron chi connectivity index (χ0n) is 11.3. The van der Waals surface area contributed by atoms with Crippen LogP contribution >= 0.6 is 11.6 Å². The van der Waals surface area contributed by atoms with Gasteiger partial charge in [0, 0.05) is 16.8 Å².